The topological polar surface area (TPSA) is 46.6 Å². The zero-order valence-electron chi connectivity index (χ0n) is 12.3. The first kappa shape index (κ1) is 16.0. The van der Waals surface area contributed by atoms with Gasteiger partial charge in [0.2, 0.25) is 5.91 Å². The highest BCUT2D eigenvalue weighted by atomic mass is 16.5. The molecule has 0 spiro atoms. The third-order valence-corrected chi connectivity index (χ3v) is 2.93. The lowest BCUT2D eigenvalue weighted by molar-refractivity contribution is -0.143. The lowest BCUT2D eigenvalue weighted by Gasteiger charge is -2.14. The number of carbonyl (C=O) groups excluding carboxylic acids is 2. The molecule has 1 amide bonds. The van der Waals surface area contributed by atoms with Crippen LogP contribution in [0.3, 0.4) is 0 Å². The maximum atomic E-state index is 11.9. The molecule has 0 unspecified atom stereocenters. The summed E-state index contributed by atoms with van der Waals surface area (Å²) in [5.74, 6) is -0.410. The molecule has 0 fully saturated rings. The van der Waals surface area contributed by atoms with Crippen LogP contribution in [0.2, 0.25) is 0 Å². The lowest BCUT2D eigenvalue weighted by Crippen LogP contribution is -2.27. The fraction of sp³-hybridized carbons (Fsp3) is 0.375. The van der Waals surface area contributed by atoms with E-state index < -0.39 is 0 Å². The summed E-state index contributed by atoms with van der Waals surface area (Å²) in [5, 5.41) is 0. The first-order chi connectivity index (χ1) is 9.54. The second-order valence-electron chi connectivity index (χ2n) is 4.50. The van der Waals surface area contributed by atoms with E-state index in [1.54, 1.807) is 20.0 Å². The number of benzene rings is 1. The van der Waals surface area contributed by atoms with Gasteiger partial charge in [-0.25, -0.2) is 0 Å². The third kappa shape index (κ3) is 5.26. The quantitative estimate of drug-likeness (QED) is 0.591. The molecule has 0 atom stereocenters. The van der Waals surface area contributed by atoms with Gasteiger partial charge in [0.15, 0.2) is 0 Å². The van der Waals surface area contributed by atoms with Crippen LogP contribution in [0.1, 0.15) is 24.5 Å². The highest BCUT2D eigenvalue weighted by molar-refractivity contribution is 5.92. The van der Waals surface area contributed by atoms with Gasteiger partial charge >= 0.3 is 5.97 Å². The normalized spacial score (nSPS) is 10.6. The number of ether oxygens (including phenoxy) is 1. The van der Waals surface area contributed by atoms with Crippen LogP contribution in [0.15, 0.2) is 30.3 Å². The molecule has 0 saturated carbocycles. The van der Waals surface area contributed by atoms with Crippen molar-refractivity contribution in [3.8, 4) is 0 Å². The number of hydrogen-bond donors (Lipinski definition) is 0. The molecule has 0 aliphatic rings. The van der Waals surface area contributed by atoms with Crippen molar-refractivity contribution in [2.45, 2.75) is 20.3 Å². The van der Waals surface area contributed by atoms with Crippen molar-refractivity contribution in [3.05, 3.63) is 41.5 Å². The summed E-state index contributed by atoms with van der Waals surface area (Å²) in [7, 11) is 1.67. The van der Waals surface area contributed by atoms with Gasteiger partial charge in [0, 0.05) is 19.7 Å². The standard InChI is InChI=1S/C16H21NO3/c1-4-20-16(19)11-12-17(3)15(18)10-9-14-8-6-5-7-13(14)2/h5-10H,4,11-12H2,1-3H3. The number of amides is 1. The van der Waals surface area contributed by atoms with Crippen LogP contribution in [-0.2, 0) is 14.3 Å². The van der Waals surface area contributed by atoms with Gasteiger partial charge in [0.05, 0.1) is 13.0 Å². The van der Waals surface area contributed by atoms with Gasteiger partial charge in [-0.2, -0.15) is 0 Å². The first-order valence-electron chi connectivity index (χ1n) is 6.69. The Morgan fingerprint density at radius 2 is 2.00 bits per heavy atom. The van der Waals surface area contributed by atoms with Gasteiger partial charge in [-0.15, -0.1) is 0 Å². The molecular weight excluding hydrogens is 254 g/mol. The van der Waals surface area contributed by atoms with E-state index in [9.17, 15) is 9.59 Å². The largest absolute Gasteiger partial charge is 0.466 e. The predicted molar refractivity (Wildman–Crippen MR) is 79.1 cm³/mol. The Hall–Kier alpha value is -2.10. The highest BCUT2D eigenvalue weighted by Crippen LogP contribution is 2.09. The zero-order valence-corrected chi connectivity index (χ0v) is 12.3. The van der Waals surface area contributed by atoms with Gasteiger partial charge < -0.3 is 9.64 Å². The fourth-order valence-corrected chi connectivity index (χ4v) is 1.66. The lowest BCUT2D eigenvalue weighted by atomic mass is 10.1. The molecule has 0 heterocycles. The van der Waals surface area contributed by atoms with E-state index in [0.29, 0.717) is 13.2 Å². The van der Waals surface area contributed by atoms with Crippen molar-refractivity contribution < 1.29 is 14.3 Å². The van der Waals surface area contributed by atoms with E-state index in [-0.39, 0.29) is 18.3 Å². The average molecular weight is 275 g/mol. The number of esters is 1. The molecule has 0 N–H and O–H groups in total. The highest BCUT2D eigenvalue weighted by Gasteiger charge is 2.08. The van der Waals surface area contributed by atoms with E-state index in [0.717, 1.165) is 11.1 Å². The van der Waals surface area contributed by atoms with Crippen LogP contribution in [-0.4, -0.2) is 37.0 Å². The first-order valence-corrected chi connectivity index (χ1v) is 6.69. The van der Waals surface area contributed by atoms with Crippen molar-refractivity contribution >= 4 is 18.0 Å². The molecule has 0 saturated heterocycles. The summed E-state index contributed by atoms with van der Waals surface area (Å²) >= 11 is 0. The number of nitrogens with zero attached hydrogens (tertiary/aromatic N) is 1. The molecule has 0 bridgehead atoms. The maximum Gasteiger partial charge on any atom is 0.307 e. The van der Waals surface area contributed by atoms with E-state index >= 15 is 0 Å². The average Bonchev–Trinajstić information content (AvgIpc) is 2.44. The number of likely N-dealkylation sites (N-methyl/N-ethyl adjacent to an activating group) is 1. The second-order valence-corrected chi connectivity index (χ2v) is 4.50. The monoisotopic (exact) mass is 275 g/mol. The number of rotatable bonds is 6. The van der Waals surface area contributed by atoms with Crippen molar-refractivity contribution in [1.82, 2.24) is 4.90 Å². The van der Waals surface area contributed by atoms with Crippen molar-refractivity contribution in [2.24, 2.45) is 0 Å². The Balaban J connectivity index is 2.50. The second kappa shape index (κ2) is 8.15. The SMILES string of the molecule is CCOC(=O)CCN(C)C(=O)C=Cc1ccccc1C. The number of aryl methyl sites for hydroxylation is 1. The molecular formula is C16H21NO3. The molecule has 0 radical (unpaired) electrons. The van der Waals surface area contributed by atoms with Crippen LogP contribution < -0.4 is 0 Å². The van der Waals surface area contributed by atoms with Gasteiger partial charge in [0.1, 0.15) is 0 Å². The molecule has 0 aromatic heterocycles. The van der Waals surface area contributed by atoms with Crippen LogP contribution in [0, 0.1) is 6.92 Å². The van der Waals surface area contributed by atoms with Gasteiger partial charge in [0.25, 0.3) is 0 Å². The summed E-state index contributed by atoms with van der Waals surface area (Å²) in [6, 6.07) is 7.84. The van der Waals surface area contributed by atoms with Crippen LogP contribution >= 0.6 is 0 Å². The summed E-state index contributed by atoms with van der Waals surface area (Å²) in [6.45, 7) is 4.48. The minimum Gasteiger partial charge on any atom is -0.466 e. The summed E-state index contributed by atoms with van der Waals surface area (Å²) in [6.07, 6.45) is 3.53. The van der Waals surface area contributed by atoms with Crippen molar-refractivity contribution in [2.75, 3.05) is 20.2 Å². The van der Waals surface area contributed by atoms with Crippen molar-refractivity contribution in [1.29, 1.82) is 0 Å². The predicted octanol–water partition coefficient (Wildman–Crippen LogP) is 2.42. The van der Waals surface area contributed by atoms with E-state index in [1.807, 2.05) is 31.2 Å². The van der Waals surface area contributed by atoms with Gasteiger partial charge in [-0.3, -0.25) is 9.59 Å². The Morgan fingerprint density at radius 1 is 1.30 bits per heavy atom. The summed E-state index contributed by atoms with van der Waals surface area (Å²) in [4.78, 5) is 24.6. The molecule has 1 aromatic rings. The molecule has 20 heavy (non-hydrogen) atoms. The Kier molecular flexibility index (Phi) is 6.50. The maximum absolute atomic E-state index is 11.9. The van der Waals surface area contributed by atoms with Gasteiger partial charge in [-0.1, -0.05) is 24.3 Å². The fourth-order valence-electron chi connectivity index (χ4n) is 1.66. The molecule has 0 aliphatic carbocycles. The molecule has 0 aliphatic heterocycles. The minimum absolute atomic E-state index is 0.127. The van der Waals surface area contributed by atoms with Crippen LogP contribution in [0.25, 0.3) is 6.08 Å². The Morgan fingerprint density at radius 3 is 2.65 bits per heavy atom. The molecule has 4 heteroatoms. The van der Waals surface area contributed by atoms with E-state index in [1.165, 1.54) is 11.0 Å². The van der Waals surface area contributed by atoms with E-state index in [2.05, 4.69) is 0 Å². The summed E-state index contributed by atoms with van der Waals surface area (Å²) in [5.41, 5.74) is 2.13. The van der Waals surface area contributed by atoms with Crippen LogP contribution in [0.5, 0.6) is 0 Å². The Bertz CT molecular complexity index is 494. The smallest absolute Gasteiger partial charge is 0.307 e. The molecule has 108 valence electrons. The van der Waals surface area contributed by atoms with Gasteiger partial charge in [-0.05, 0) is 31.1 Å². The number of hydrogen-bond acceptors (Lipinski definition) is 3. The van der Waals surface area contributed by atoms with Crippen LogP contribution in [0.4, 0.5) is 0 Å². The minimum atomic E-state index is -0.282. The van der Waals surface area contributed by atoms with Crippen molar-refractivity contribution in [3.63, 3.8) is 0 Å². The number of carbonyl (C=O) groups is 2. The zero-order chi connectivity index (χ0) is 15.0. The molecule has 1 aromatic carbocycles. The van der Waals surface area contributed by atoms with E-state index in [4.69, 9.17) is 4.74 Å². The molecule has 1 rings (SSSR count). The molecule has 4 nitrogen and oxygen atoms in total. The summed E-state index contributed by atoms with van der Waals surface area (Å²) < 4.78 is 4.82. The Labute approximate surface area is 120 Å². The third-order valence-electron chi connectivity index (χ3n) is 2.93.